The number of rotatable bonds is 5. The van der Waals surface area contributed by atoms with Crippen molar-refractivity contribution in [3.63, 3.8) is 0 Å². The van der Waals surface area contributed by atoms with Crippen LogP contribution in [-0.2, 0) is 6.54 Å². The van der Waals surface area contributed by atoms with Crippen LogP contribution in [0.3, 0.4) is 0 Å². The van der Waals surface area contributed by atoms with E-state index < -0.39 is 0 Å². The average molecular weight is 328 g/mol. The highest BCUT2D eigenvalue weighted by Crippen LogP contribution is 2.23. The number of hydrogen-bond donors (Lipinski definition) is 0. The van der Waals surface area contributed by atoms with Gasteiger partial charge in [0.15, 0.2) is 0 Å². The Morgan fingerprint density at radius 3 is 2.44 bits per heavy atom. The van der Waals surface area contributed by atoms with Gasteiger partial charge in [-0.2, -0.15) is 5.10 Å². The molecule has 0 radical (unpaired) electrons. The Hall–Kier alpha value is -3.47. The van der Waals surface area contributed by atoms with Gasteiger partial charge >= 0.3 is 0 Å². The number of nitrogens with zero attached hydrogens (tertiary/aromatic N) is 4. The number of ether oxygens (including phenoxy) is 1. The van der Waals surface area contributed by atoms with Gasteiger partial charge < -0.3 is 4.74 Å². The molecule has 0 N–H and O–H groups in total. The molecule has 0 bridgehead atoms. The van der Waals surface area contributed by atoms with Crippen LogP contribution in [0.5, 0.6) is 11.6 Å². The van der Waals surface area contributed by atoms with Crippen molar-refractivity contribution in [3.8, 4) is 22.9 Å². The third-order valence-electron chi connectivity index (χ3n) is 3.72. The standard InChI is InChI=1S/C20H16N4O/c1-3-7-16(8-4-1)13-24-14-17(12-23-24)19-11-20(22-15-21-19)25-18-9-5-2-6-10-18/h1-12,14-15H,13H2. The fourth-order valence-electron chi connectivity index (χ4n) is 2.52. The van der Waals surface area contributed by atoms with Gasteiger partial charge in [0.05, 0.1) is 18.4 Å². The monoisotopic (exact) mass is 328 g/mol. The fourth-order valence-corrected chi connectivity index (χ4v) is 2.52. The summed E-state index contributed by atoms with van der Waals surface area (Å²) in [5.74, 6) is 1.25. The molecule has 0 amide bonds. The molecule has 0 spiro atoms. The van der Waals surface area contributed by atoms with Crippen LogP contribution in [0.15, 0.2) is 85.5 Å². The molecule has 25 heavy (non-hydrogen) atoms. The first-order chi connectivity index (χ1) is 12.4. The van der Waals surface area contributed by atoms with Gasteiger partial charge in [-0.15, -0.1) is 0 Å². The van der Waals surface area contributed by atoms with Gasteiger partial charge in [0.1, 0.15) is 12.1 Å². The van der Waals surface area contributed by atoms with Gasteiger partial charge in [0.25, 0.3) is 0 Å². The molecule has 0 saturated heterocycles. The summed E-state index contributed by atoms with van der Waals surface area (Å²) in [6.07, 6.45) is 5.28. The molecular formula is C20H16N4O. The second-order valence-electron chi connectivity index (χ2n) is 5.57. The summed E-state index contributed by atoms with van der Waals surface area (Å²) in [4.78, 5) is 8.50. The van der Waals surface area contributed by atoms with Gasteiger partial charge in [-0.05, 0) is 17.7 Å². The summed E-state index contributed by atoms with van der Waals surface area (Å²) >= 11 is 0. The first kappa shape index (κ1) is 15.1. The van der Waals surface area contributed by atoms with E-state index in [2.05, 4.69) is 27.2 Å². The maximum atomic E-state index is 5.76. The van der Waals surface area contributed by atoms with Crippen LogP contribution in [0, 0.1) is 0 Å². The SMILES string of the molecule is c1ccc(Cn2cc(-c3cc(Oc4ccccc4)ncn3)cn2)cc1. The molecule has 4 rings (SSSR count). The van der Waals surface area contributed by atoms with Crippen molar-refractivity contribution >= 4 is 0 Å². The normalized spacial score (nSPS) is 10.6. The number of benzene rings is 2. The lowest BCUT2D eigenvalue weighted by Crippen LogP contribution is -1.99. The Morgan fingerprint density at radius 1 is 0.880 bits per heavy atom. The third kappa shape index (κ3) is 3.72. The van der Waals surface area contributed by atoms with Crippen molar-refractivity contribution in [1.29, 1.82) is 0 Å². The zero-order chi connectivity index (χ0) is 16.9. The van der Waals surface area contributed by atoms with E-state index in [0.29, 0.717) is 5.88 Å². The Bertz CT molecular complexity index is 952. The van der Waals surface area contributed by atoms with Gasteiger partial charge in [0, 0.05) is 17.8 Å². The van der Waals surface area contributed by atoms with Crippen molar-refractivity contribution in [1.82, 2.24) is 19.7 Å². The van der Waals surface area contributed by atoms with E-state index in [-0.39, 0.29) is 0 Å². The molecule has 0 unspecified atom stereocenters. The topological polar surface area (TPSA) is 52.8 Å². The molecule has 122 valence electrons. The molecule has 0 atom stereocenters. The Balaban J connectivity index is 1.53. The molecule has 0 aliphatic rings. The zero-order valence-corrected chi connectivity index (χ0v) is 13.5. The second-order valence-corrected chi connectivity index (χ2v) is 5.57. The fraction of sp³-hybridized carbons (Fsp3) is 0.0500. The molecule has 5 nitrogen and oxygen atoms in total. The minimum absolute atomic E-state index is 0.506. The van der Waals surface area contributed by atoms with Crippen molar-refractivity contribution < 1.29 is 4.74 Å². The zero-order valence-electron chi connectivity index (χ0n) is 13.5. The summed E-state index contributed by atoms with van der Waals surface area (Å²) in [6.45, 7) is 0.722. The maximum absolute atomic E-state index is 5.76. The number of para-hydroxylation sites is 1. The molecule has 4 aromatic rings. The van der Waals surface area contributed by atoms with E-state index in [1.165, 1.54) is 11.9 Å². The van der Waals surface area contributed by atoms with E-state index in [1.54, 1.807) is 6.20 Å². The van der Waals surface area contributed by atoms with Crippen LogP contribution < -0.4 is 4.74 Å². The van der Waals surface area contributed by atoms with Gasteiger partial charge in [-0.3, -0.25) is 4.68 Å². The minimum atomic E-state index is 0.506. The lowest BCUT2D eigenvalue weighted by molar-refractivity contribution is 0.462. The Labute approximate surface area is 145 Å². The average Bonchev–Trinajstić information content (AvgIpc) is 3.12. The van der Waals surface area contributed by atoms with E-state index in [0.717, 1.165) is 23.6 Å². The van der Waals surface area contributed by atoms with Crippen molar-refractivity contribution in [3.05, 3.63) is 91.0 Å². The molecule has 2 aromatic carbocycles. The van der Waals surface area contributed by atoms with Crippen LogP contribution in [-0.4, -0.2) is 19.7 Å². The van der Waals surface area contributed by atoms with Crippen molar-refractivity contribution in [2.45, 2.75) is 6.54 Å². The van der Waals surface area contributed by atoms with Gasteiger partial charge in [-0.25, -0.2) is 9.97 Å². The van der Waals surface area contributed by atoms with Crippen LogP contribution >= 0.6 is 0 Å². The molecule has 0 aliphatic carbocycles. The number of hydrogen-bond acceptors (Lipinski definition) is 4. The van der Waals surface area contributed by atoms with E-state index in [9.17, 15) is 0 Å². The van der Waals surface area contributed by atoms with Crippen LogP contribution in [0.4, 0.5) is 0 Å². The molecule has 5 heteroatoms. The quantitative estimate of drug-likeness (QED) is 0.551. The smallest absolute Gasteiger partial charge is 0.222 e. The summed E-state index contributed by atoms with van der Waals surface area (Å²) in [5, 5.41) is 4.42. The molecule has 2 heterocycles. The van der Waals surface area contributed by atoms with E-state index in [1.807, 2.05) is 65.5 Å². The number of aromatic nitrogens is 4. The van der Waals surface area contributed by atoms with E-state index in [4.69, 9.17) is 4.74 Å². The molecular weight excluding hydrogens is 312 g/mol. The summed E-state index contributed by atoms with van der Waals surface area (Å²) in [6, 6.07) is 21.6. The predicted molar refractivity (Wildman–Crippen MR) is 95.3 cm³/mol. The molecule has 0 saturated carbocycles. The van der Waals surface area contributed by atoms with Crippen LogP contribution in [0.2, 0.25) is 0 Å². The largest absolute Gasteiger partial charge is 0.439 e. The van der Waals surface area contributed by atoms with Crippen LogP contribution in [0.25, 0.3) is 11.3 Å². The molecule has 0 aliphatic heterocycles. The lowest BCUT2D eigenvalue weighted by atomic mass is 10.2. The molecule has 0 fully saturated rings. The third-order valence-corrected chi connectivity index (χ3v) is 3.72. The highest BCUT2D eigenvalue weighted by molar-refractivity contribution is 5.57. The maximum Gasteiger partial charge on any atom is 0.222 e. The Morgan fingerprint density at radius 2 is 1.64 bits per heavy atom. The lowest BCUT2D eigenvalue weighted by Gasteiger charge is -2.05. The van der Waals surface area contributed by atoms with Gasteiger partial charge in [-0.1, -0.05) is 48.5 Å². The molecule has 2 aromatic heterocycles. The predicted octanol–water partition coefficient (Wildman–Crippen LogP) is 4.18. The van der Waals surface area contributed by atoms with Crippen LogP contribution in [0.1, 0.15) is 5.56 Å². The van der Waals surface area contributed by atoms with Crippen molar-refractivity contribution in [2.75, 3.05) is 0 Å². The first-order valence-electron chi connectivity index (χ1n) is 7.98. The minimum Gasteiger partial charge on any atom is -0.439 e. The Kier molecular flexibility index (Phi) is 4.20. The first-order valence-corrected chi connectivity index (χ1v) is 7.98. The van der Waals surface area contributed by atoms with Gasteiger partial charge in [0.2, 0.25) is 5.88 Å². The summed E-state index contributed by atoms with van der Waals surface area (Å²) in [5.41, 5.74) is 2.91. The second kappa shape index (κ2) is 6.97. The highest BCUT2D eigenvalue weighted by Gasteiger charge is 2.07. The van der Waals surface area contributed by atoms with E-state index >= 15 is 0 Å². The highest BCUT2D eigenvalue weighted by atomic mass is 16.5. The summed E-state index contributed by atoms with van der Waals surface area (Å²) in [7, 11) is 0. The summed E-state index contributed by atoms with van der Waals surface area (Å²) < 4.78 is 7.66. The van der Waals surface area contributed by atoms with Crippen molar-refractivity contribution in [2.24, 2.45) is 0 Å².